The van der Waals surface area contributed by atoms with Crippen LogP contribution in [0.3, 0.4) is 0 Å². The van der Waals surface area contributed by atoms with Crippen LogP contribution in [0.2, 0.25) is 0 Å². The van der Waals surface area contributed by atoms with Gasteiger partial charge in [0, 0.05) is 25.3 Å². The summed E-state index contributed by atoms with van der Waals surface area (Å²) in [5.74, 6) is -0.0934. The predicted molar refractivity (Wildman–Crippen MR) is 67.9 cm³/mol. The third-order valence-electron chi connectivity index (χ3n) is 2.79. The second-order valence-electron chi connectivity index (χ2n) is 4.11. The van der Waals surface area contributed by atoms with E-state index in [-0.39, 0.29) is 23.2 Å². The van der Waals surface area contributed by atoms with Crippen molar-refractivity contribution in [2.75, 3.05) is 31.1 Å². The summed E-state index contributed by atoms with van der Waals surface area (Å²) in [5, 5.41) is 2.63. The molecule has 3 N–H and O–H groups in total. The van der Waals surface area contributed by atoms with Gasteiger partial charge in [-0.25, -0.2) is 13.2 Å². The van der Waals surface area contributed by atoms with Crippen molar-refractivity contribution in [1.29, 1.82) is 0 Å². The number of nitrogens with two attached hydrogens (primary N) is 1. The highest BCUT2D eigenvalue weighted by atomic mass is 32.2. The molecule has 2 amide bonds. The highest BCUT2D eigenvalue weighted by Crippen LogP contribution is 2.14. The third-order valence-corrected chi connectivity index (χ3v) is 4.48. The molecule has 6 nitrogen and oxygen atoms in total. The SMILES string of the molecule is Nc1cccc(S(=O)(=O)CCN2CCNC2=O)c1. The van der Waals surface area contributed by atoms with E-state index in [4.69, 9.17) is 5.73 Å². The fourth-order valence-electron chi connectivity index (χ4n) is 1.78. The summed E-state index contributed by atoms with van der Waals surface area (Å²) < 4.78 is 24.1. The third kappa shape index (κ3) is 2.73. The lowest BCUT2D eigenvalue weighted by molar-refractivity contribution is 0.220. The highest BCUT2D eigenvalue weighted by Gasteiger charge is 2.22. The lowest BCUT2D eigenvalue weighted by atomic mass is 10.3. The van der Waals surface area contributed by atoms with Gasteiger partial charge >= 0.3 is 6.03 Å². The molecule has 0 aromatic heterocycles. The zero-order chi connectivity index (χ0) is 13.2. The Morgan fingerprint density at radius 1 is 1.39 bits per heavy atom. The van der Waals surface area contributed by atoms with Gasteiger partial charge in [0.25, 0.3) is 0 Å². The minimum atomic E-state index is -3.40. The van der Waals surface area contributed by atoms with Crippen LogP contribution in [0.1, 0.15) is 0 Å². The largest absolute Gasteiger partial charge is 0.399 e. The molecular formula is C11H15N3O3S. The second kappa shape index (κ2) is 4.85. The Balaban J connectivity index is 2.06. The van der Waals surface area contributed by atoms with Crippen LogP contribution >= 0.6 is 0 Å². The molecule has 1 aromatic rings. The fourth-order valence-corrected chi connectivity index (χ4v) is 3.08. The maximum Gasteiger partial charge on any atom is 0.317 e. The van der Waals surface area contributed by atoms with E-state index in [0.717, 1.165) is 0 Å². The number of urea groups is 1. The Hall–Kier alpha value is -1.76. The van der Waals surface area contributed by atoms with Crippen molar-refractivity contribution in [1.82, 2.24) is 10.2 Å². The molecule has 7 heteroatoms. The minimum absolute atomic E-state index is 0.0934. The van der Waals surface area contributed by atoms with E-state index in [9.17, 15) is 13.2 Å². The second-order valence-corrected chi connectivity index (χ2v) is 6.22. The van der Waals surface area contributed by atoms with Crippen LogP contribution in [-0.2, 0) is 9.84 Å². The average Bonchev–Trinajstić information content (AvgIpc) is 2.72. The molecule has 1 fully saturated rings. The van der Waals surface area contributed by atoms with Gasteiger partial charge in [0.05, 0.1) is 10.6 Å². The van der Waals surface area contributed by atoms with Crippen molar-refractivity contribution in [3.05, 3.63) is 24.3 Å². The number of hydrogen-bond donors (Lipinski definition) is 2. The normalized spacial score (nSPS) is 15.8. The maximum atomic E-state index is 12.0. The van der Waals surface area contributed by atoms with Gasteiger partial charge in [0.2, 0.25) is 0 Å². The molecule has 1 aliphatic rings. The van der Waals surface area contributed by atoms with Crippen molar-refractivity contribution in [2.24, 2.45) is 0 Å². The molecule has 0 radical (unpaired) electrons. The summed E-state index contributed by atoms with van der Waals surface area (Å²) in [6, 6.07) is 5.96. The number of nitrogen functional groups attached to an aromatic ring is 1. The number of benzene rings is 1. The van der Waals surface area contributed by atoms with Gasteiger partial charge in [-0.3, -0.25) is 0 Å². The molecule has 0 unspecified atom stereocenters. The number of rotatable bonds is 4. The van der Waals surface area contributed by atoms with Crippen LogP contribution in [-0.4, -0.2) is 44.7 Å². The number of hydrogen-bond acceptors (Lipinski definition) is 4. The van der Waals surface area contributed by atoms with E-state index in [1.54, 1.807) is 12.1 Å². The lowest BCUT2D eigenvalue weighted by Crippen LogP contribution is -2.32. The van der Waals surface area contributed by atoms with Crippen LogP contribution in [0.5, 0.6) is 0 Å². The molecular weight excluding hydrogens is 254 g/mol. The van der Waals surface area contributed by atoms with Crippen molar-refractivity contribution in [3.63, 3.8) is 0 Å². The number of carbonyl (C=O) groups is 1. The van der Waals surface area contributed by atoms with Crippen LogP contribution in [0.4, 0.5) is 10.5 Å². The zero-order valence-electron chi connectivity index (χ0n) is 9.80. The molecule has 1 saturated heterocycles. The van der Waals surface area contributed by atoms with E-state index < -0.39 is 9.84 Å². The van der Waals surface area contributed by atoms with Crippen molar-refractivity contribution in [3.8, 4) is 0 Å². The number of nitrogens with zero attached hydrogens (tertiary/aromatic N) is 1. The van der Waals surface area contributed by atoms with Gasteiger partial charge < -0.3 is 16.0 Å². The molecule has 0 aliphatic carbocycles. The summed E-state index contributed by atoms with van der Waals surface area (Å²) in [4.78, 5) is 13.0. The maximum absolute atomic E-state index is 12.0. The summed E-state index contributed by atoms with van der Waals surface area (Å²) in [6.45, 7) is 1.31. The molecule has 1 aliphatic heterocycles. The molecule has 0 saturated carbocycles. The smallest absolute Gasteiger partial charge is 0.317 e. The average molecular weight is 269 g/mol. The first kappa shape index (κ1) is 12.7. The predicted octanol–water partition coefficient (Wildman–Crippen LogP) is 0.0677. The van der Waals surface area contributed by atoms with Crippen LogP contribution < -0.4 is 11.1 Å². The van der Waals surface area contributed by atoms with Gasteiger partial charge in [-0.15, -0.1) is 0 Å². The number of sulfone groups is 1. The molecule has 98 valence electrons. The first-order valence-corrected chi connectivity index (χ1v) is 7.25. The van der Waals surface area contributed by atoms with Crippen molar-refractivity contribution < 1.29 is 13.2 Å². The Morgan fingerprint density at radius 2 is 2.17 bits per heavy atom. The number of nitrogens with one attached hydrogen (secondary N) is 1. The first-order chi connectivity index (χ1) is 8.49. The van der Waals surface area contributed by atoms with Crippen LogP contribution in [0, 0.1) is 0 Å². The number of anilines is 1. The van der Waals surface area contributed by atoms with Gasteiger partial charge in [0.15, 0.2) is 9.84 Å². The van der Waals surface area contributed by atoms with Gasteiger partial charge in [-0.2, -0.15) is 0 Å². The monoisotopic (exact) mass is 269 g/mol. The standard InChI is InChI=1S/C11H15N3O3S/c12-9-2-1-3-10(8-9)18(16,17)7-6-14-5-4-13-11(14)15/h1-3,8H,4-7,12H2,(H,13,15). The topological polar surface area (TPSA) is 92.5 Å². The van der Waals surface area contributed by atoms with Gasteiger partial charge in [-0.1, -0.05) is 6.07 Å². The summed E-state index contributed by atoms with van der Waals surface area (Å²) in [6.07, 6.45) is 0. The van der Waals surface area contributed by atoms with Gasteiger partial charge in [-0.05, 0) is 18.2 Å². The molecule has 0 bridgehead atoms. The zero-order valence-corrected chi connectivity index (χ0v) is 10.6. The van der Waals surface area contributed by atoms with E-state index >= 15 is 0 Å². The van der Waals surface area contributed by atoms with Gasteiger partial charge in [0.1, 0.15) is 0 Å². The van der Waals surface area contributed by atoms with Crippen molar-refractivity contribution >= 4 is 21.6 Å². The fraction of sp³-hybridized carbons (Fsp3) is 0.364. The Morgan fingerprint density at radius 3 is 2.78 bits per heavy atom. The van der Waals surface area contributed by atoms with Crippen LogP contribution in [0.15, 0.2) is 29.2 Å². The van der Waals surface area contributed by atoms with Crippen molar-refractivity contribution in [2.45, 2.75) is 4.90 Å². The highest BCUT2D eigenvalue weighted by molar-refractivity contribution is 7.91. The quantitative estimate of drug-likeness (QED) is 0.756. The minimum Gasteiger partial charge on any atom is -0.399 e. The summed E-state index contributed by atoms with van der Waals surface area (Å²) >= 11 is 0. The Bertz CT molecular complexity index is 556. The molecule has 1 aromatic carbocycles. The molecule has 18 heavy (non-hydrogen) atoms. The van der Waals surface area contributed by atoms with E-state index in [2.05, 4.69) is 5.32 Å². The van der Waals surface area contributed by atoms with E-state index in [1.165, 1.54) is 17.0 Å². The summed E-state index contributed by atoms with van der Waals surface area (Å²) in [7, 11) is -3.40. The molecule has 1 heterocycles. The first-order valence-electron chi connectivity index (χ1n) is 5.60. The van der Waals surface area contributed by atoms with Crippen LogP contribution in [0.25, 0.3) is 0 Å². The Labute approximate surface area is 106 Å². The summed E-state index contributed by atoms with van der Waals surface area (Å²) in [5.41, 5.74) is 5.97. The van der Waals surface area contributed by atoms with E-state index in [1.807, 2.05) is 0 Å². The molecule has 0 spiro atoms. The van der Waals surface area contributed by atoms with E-state index in [0.29, 0.717) is 18.8 Å². The Kier molecular flexibility index (Phi) is 3.42. The molecule has 0 atom stereocenters. The number of amides is 2. The lowest BCUT2D eigenvalue weighted by Gasteiger charge is -2.14. The number of carbonyl (C=O) groups excluding carboxylic acids is 1. The molecule has 2 rings (SSSR count).